The topological polar surface area (TPSA) is 53.2 Å². The summed E-state index contributed by atoms with van der Waals surface area (Å²) >= 11 is 0. The van der Waals surface area contributed by atoms with Crippen LogP contribution in [0.5, 0.6) is 0 Å². The van der Waals surface area contributed by atoms with Crippen LogP contribution in [0.2, 0.25) is 0 Å². The maximum Gasteiger partial charge on any atom is 0.0992 e. The molecule has 1 aromatic rings. The summed E-state index contributed by atoms with van der Waals surface area (Å²) in [5, 5.41) is 8.76. The maximum atomic E-state index is 11.9. The first-order valence-corrected chi connectivity index (χ1v) is 6.72. The van der Waals surface area contributed by atoms with Crippen LogP contribution >= 0.6 is 0 Å². The van der Waals surface area contributed by atoms with Crippen molar-refractivity contribution in [3.8, 4) is 6.07 Å². The van der Waals surface area contributed by atoms with Crippen LogP contribution in [0, 0.1) is 18.3 Å². The van der Waals surface area contributed by atoms with Gasteiger partial charge in [0.15, 0.2) is 0 Å². The van der Waals surface area contributed by atoms with E-state index in [0.29, 0.717) is 22.8 Å². The lowest BCUT2D eigenvalue weighted by Gasteiger charge is -2.18. The number of benzene rings is 1. The highest BCUT2D eigenvalue weighted by Crippen LogP contribution is 2.25. The molecule has 1 aromatic carbocycles. The van der Waals surface area contributed by atoms with Crippen LogP contribution in [0.25, 0.3) is 0 Å². The van der Waals surface area contributed by atoms with Crippen LogP contribution in [-0.2, 0) is 9.73 Å². The van der Waals surface area contributed by atoms with E-state index in [1.165, 1.54) is 0 Å². The van der Waals surface area contributed by atoms with Gasteiger partial charge in [0, 0.05) is 11.5 Å². The zero-order valence-corrected chi connectivity index (χ0v) is 9.38. The van der Waals surface area contributed by atoms with E-state index in [1.54, 1.807) is 12.1 Å². The third-order valence-electron chi connectivity index (χ3n) is 2.53. The molecule has 0 saturated carbocycles. The van der Waals surface area contributed by atoms with E-state index in [0.717, 1.165) is 12.0 Å². The normalized spacial score (nSPS) is 17.6. The Kier molecular flexibility index (Phi) is 2.49. The van der Waals surface area contributed by atoms with E-state index in [1.807, 2.05) is 13.0 Å². The monoisotopic (exact) mass is 220 g/mol. The summed E-state index contributed by atoms with van der Waals surface area (Å²) < 4.78 is 16.2. The Morgan fingerprint density at radius 3 is 2.73 bits per heavy atom. The molecule has 1 aliphatic rings. The third-order valence-corrected chi connectivity index (χ3v) is 4.91. The van der Waals surface area contributed by atoms with Crippen molar-refractivity contribution in [1.82, 2.24) is 0 Å². The van der Waals surface area contributed by atoms with E-state index >= 15 is 0 Å². The van der Waals surface area contributed by atoms with Gasteiger partial charge in [0.1, 0.15) is 0 Å². The molecule has 0 amide bonds. The number of hydrogen-bond donors (Lipinski definition) is 0. The highest BCUT2D eigenvalue weighted by atomic mass is 32.2. The molecular weight excluding hydrogens is 208 g/mol. The van der Waals surface area contributed by atoms with Crippen LogP contribution < -0.4 is 0 Å². The van der Waals surface area contributed by atoms with Crippen molar-refractivity contribution in [2.45, 2.75) is 13.3 Å². The first-order chi connectivity index (χ1) is 7.13. The minimum atomic E-state index is -1.97. The van der Waals surface area contributed by atoms with E-state index in [9.17, 15) is 4.21 Å². The second-order valence-corrected chi connectivity index (χ2v) is 6.28. The highest BCUT2D eigenvalue weighted by molar-refractivity contribution is 7.95. The fourth-order valence-electron chi connectivity index (χ4n) is 1.44. The Hall–Kier alpha value is -1.34. The minimum Gasteiger partial charge on any atom is -0.249 e. The van der Waals surface area contributed by atoms with E-state index in [4.69, 9.17) is 5.26 Å². The zero-order valence-electron chi connectivity index (χ0n) is 8.56. The Bertz CT molecular complexity index is 538. The van der Waals surface area contributed by atoms with Gasteiger partial charge in [-0.1, -0.05) is 6.07 Å². The summed E-state index contributed by atoms with van der Waals surface area (Å²) in [6.07, 6.45) is 0.999. The SMILES string of the molecule is Cc1ccc(C#N)cc1N=S1(=O)CCC1. The molecule has 1 aliphatic heterocycles. The number of aryl methyl sites for hydroxylation is 1. The molecule has 3 nitrogen and oxygen atoms in total. The molecule has 0 aromatic heterocycles. The molecule has 0 spiro atoms. The van der Waals surface area contributed by atoms with Gasteiger partial charge in [-0.25, -0.2) is 4.21 Å². The Balaban J connectivity index is 2.49. The predicted molar refractivity (Wildman–Crippen MR) is 60.5 cm³/mol. The fourth-order valence-corrected chi connectivity index (χ4v) is 2.96. The summed E-state index contributed by atoms with van der Waals surface area (Å²) in [7, 11) is -1.97. The van der Waals surface area contributed by atoms with Gasteiger partial charge in [-0.15, -0.1) is 0 Å². The Labute approximate surface area is 89.9 Å². The van der Waals surface area contributed by atoms with Crippen molar-refractivity contribution >= 4 is 15.4 Å². The van der Waals surface area contributed by atoms with Crippen molar-refractivity contribution in [2.24, 2.45) is 4.36 Å². The average molecular weight is 220 g/mol. The Morgan fingerprint density at radius 1 is 1.47 bits per heavy atom. The molecule has 1 heterocycles. The van der Waals surface area contributed by atoms with Crippen LogP contribution in [0.15, 0.2) is 22.6 Å². The molecule has 1 saturated heterocycles. The van der Waals surface area contributed by atoms with Crippen molar-refractivity contribution in [3.05, 3.63) is 29.3 Å². The summed E-state index contributed by atoms with van der Waals surface area (Å²) in [6, 6.07) is 7.37. The first kappa shape index (κ1) is 10.2. The van der Waals surface area contributed by atoms with Gasteiger partial charge in [0.05, 0.1) is 27.0 Å². The maximum absolute atomic E-state index is 11.9. The van der Waals surface area contributed by atoms with Crippen molar-refractivity contribution in [3.63, 3.8) is 0 Å². The number of hydrogen-bond acceptors (Lipinski definition) is 3. The van der Waals surface area contributed by atoms with Gasteiger partial charge in [-0.2, -0.15) is 9.62 Å². The van der Waals surface area contributed by atoms with Gasteiger partial charge < -0.3 is 0 Å². The molecule has 0 atom stereocenters. The van der Waals surface area contributed by atoms with Gasteiger partial charge in [-0.05, 0) is 31.0 Å². The van der Waals surface area contributed by atoms with Gasteiger partial charge >= 0.3 is 0 Å². The molecule has 2 rings (SSSR count). The second-order valence-electron chi connectivity index (χ2n) is 3.74. The first-order valence-electron chi connectivity index (χ1n) is 4.86. The number of nitrogens with zero attached hydrogens (tertiary/aromatic N) is 2. The molecule has 4 heteroatoms. The molecule has 0 bridgehead atoms. The second kappa shape index (κ2) is 3.67. The Morgan fingerprint density at radius 2 is 2.20 bits per heavy atom. The minimum absolute atomic E-state index is 0.571. The van der Waals surface area contributed by atoms with Crippen LogP contribution in [-0.4, -0.2) is 15.7 Å². The summed E-state index contributed by atoms with van der Waals surface area (Å²) in [5.74, 6) is 1.40. The largest absolute Gasteiger partial charge is 0.249 e. The molecule has 1 fully saturated rings. The molecule has 0 unspecified atom stereocenters. The van der Waals surface area contributed by atoms with Gasteiger partial charge in [0.2, 0.25) is 0 Å². The van der Waals surface area contributed by atoms with Crippen LogP contribution in [0.1, 0.15) is 17.5 Å². The van der Waals surface area contributed by atoms with Crippen LogP contribution in [0.4, 0.5) is 5.69 Å². The lowest BCUT2D eigenvalue weighted by molar-refractivity contribution is 0.663. The summed E-state index contributed by atoms with van der Waals surface area (Å²) in [6.45, 7) is 1.92. The molecule has 0 radical (unpaired) electrons. The summed E-state index contributed by atoms with van der Waals surface area (Å²) in [4.78, 5) is 0. The van der Waals surface area contributed by atoms with Gasteiger partial charge in [-0.3, -0.25) is 0 Å². The third kappa shape index (κ3) is 2.02. The van der Waals surface area contributed by atoms with Crippen molar-refractivity contribution in [2.75, 3.05) is 11.5 Å². The quantitative estimate of drug-likeness (QED) is 0.729. The number of rotatable bonds is 1. The molecule has 15 heavy (non-hydrogen) atoms. The molecule has 0 N–H and O–H groups in total. The lowest BCUT2D eigenvalue weighted by atomic mass is 10.1. The average Bonchev–Trinajstić information content (AvgIpc) is 2.19. The highest BCUT2D eigenvalue weighted by Gasteiger charge is 2.19. The van der Waals surface area contributed by atoms with E-state index < -0.39 is 9.73 Å². The molecule has 78 valence electrons. The van der Waals surface area contributed by atoms with Crippen LogP contribution in [0.3, 0.4) is 0 Å². The molecular formula is C11H12N2OS. The zero-order chi connectivity index (χ0) is 10.9. The lowest BCUT2D eigenvalue weighted by Crippen LogP contribution is -2.23. The molecule has 0 aliphatic carbocycles. The predicted octanol–water partition coefficient (Wildman–Crippen LogP) is 2.37. The number of nitriles is 1. The van der Waals surface area contributed by atoms with E-state index in [2.05, 4.69) is 10.4 Å². The van der Waals surface area contributed by atoms with Gasteiger partial charge in [0.25, 0.3) is 0 Å². The van der Waals surface area contributed by atoms with Crippen molar-refractivity contribution in [1.29, 1.82) is 5.26 Å². The van der Waals surface area contributed by atoms with Crippen molar-refractivity contribution < 1.29 is 4.21 Å². The fraction of sp³-hybridized carbons (Fsp3) is 0.364. The summed E-state index contributed by atoms with van der Waals surface area (Å²) in [5.41, 5.74) is 2.25. The standard InChI is InChI=1S/C11H12N2OS/c1-9-3-4-10(8-12)7-11(9)13-15(14)5-2-6-15/h3-4,7H,2,5-6H2,1H3. The smallest absolute Gasteiger partial charge is 0.0992 e. The van der Waals surface area contributed by atoms with E-state index in [-0.39, 0.29) is 0 Å².